The number of amides is 2. The predicted octanol–water partition coefficient (Wildman–Crippen LogP) is 2.98. The molecule has 0 unspecified atom stereocenters. The molecule has 134 valence electrons. The maximum Gasteiger partial charge on any atom is 0.243 e. The van der Waals surface area contributed by atoms with Crippen molar-refractivity contribution in [3.63, 3.8) is 0 Å². The van der Waals surface area contributed by atoms with Crippen molar-refractivity contribution in [3.05, 3.63) is 50.6 Å². The molecule has 1 heterocycles. The van der Waals surface area contributed by atoms with Crippen LogP contribution in [0.1, 0.15) is 5.56 Å². The van der Waals surface area contributed by atoms with E-state index in [4.69, 9.17) is 0 Å². The summed E-state index contributed by atoms with van der Waals surface area (Å²) in [6.45, 7) is 0.484. The summed E-state index contributed by atoms with van der Waals surface area (Å²) < 4.78 is 26.9. The SMILES string of the molecule is CN(CC(=O)NCC(=O)Nc1ccc(F)c(F)c1)Cc1csc(Br)c1. The first-order valence-corrected chi connectivity index (χ1v) is 8.94. The molecule has 0 bridgehead atoms. The summed E-state index contributed by atoms with van der Waals surface area (Å²) in [6, 6.07) is 5.02. The number of likely N-dealkylation sites (N-methyl/N-ethyl adjacent to an activating group) is 1. The lowest BCUT2D eigenvalue weighted by atomic mass is 10.3. The lowest BCUT2D eigenvalue weighted by Crippen LogP contribution is -2.39. The van der Waals surface area contributed by atoms with Crippen LogP contribution < -0.4 is 10.6 Å². The molecule has 0 spiro atoms. The predicted molar refractivity (Wildman–Crippen MR) is 96.4 cm³/mol. The van der Waals surface area contributed by atoms with Crippen LogP contribution in [0.4, 0.5) is 14.5 Å². The molecule has 0 radical (unpaired) electrons. The van der Waals surface area contributed by atoms with Gasteiger partial charge in [0.1, 0.15) is 0 Å². The average molecular weight is 432 g/mol. The van der Waals surface area contributed by atoms with E-state index >= 15 is 0 Å². The average Bonchev–Trinajstić information content (AvgIpc) is 2.94. The Hall–Kier alpha value is -1.84. The molecular formula is C16H16BrF2N3O2S. The van der Waals surface area contributed by atoms with Gasteiger partial charge in [-0.1, -0.05) is 0 Å². The van der Waals surface area contributed by atoms with Crippen LogP contribution in [-0.2, 0) is 16.1 Å². The Bertz CT molecular complexity index is 770. The highest BCUT2D eigenvalue weighted by atomic mass is 79.9. The minimum atomic E-state index is -1.05. The summed E-state index contributed by atoms with van der Waals surface area (Å²) in [4.78, 5) is 25.4. The Morgan fingerprint density at radius 3 is 2.60 bits per heavy atom. The molecule has 2 amide bonds. The van der Waals surface area contributed by atoms with Gasteiger partial charge in [-0.2, -0.15) is 0 Å². The third-order valence-electron chi connectivity index (χ3n) is 3.14. The normalized spacial score (nSPS) is 10.8. The van der Waals surface area contributed by atoms with Gasteiger partial charge in [-0.15, -0.1) is 11.3 Å². The van der Waals surface area contributed by atoms with Crippen LogP contribution in [0, 0.1) is 11.6 Å². The highest BCUT2D eigenvalue weighted by molar-refractivity contribution is 9.11. The van der Waals surface area contributed by atoms with Gasteiger partial charge in [0, 0.05) is 18.3 Å². The number of benzene rings is 1. The van der Waals surface area contributed by atoms with Crippen LogP contribution >= 0.6 is 27.3 Å². The number of anilines is 1. The molecular weight excluding hydrogens is 416 g/mol. The molecule has 0 fully saturated rings. The van der Waals surface area contributed by atoms with E-state index in [0.29, 0.717) is 6.54 Å². The fourth-order valence-corrected chi connectivity index (χ4v) is 3.26. The van der Waals surface area contributed by atoms with Crippen LogP contribution in [0.2, 0.25) is 0 Å². The monoisotopic (exact) mass is 431 g/mol. The summed E-state index contributed by atoms with van der Waals surface area (Å²) in [7, 11) is 1.80. The molecule has 5 nitrogen and oxygen atoms in total. The maximum absolute atomic E-state index is 13.1. The standard InChI is InChI=1S/C16H16BrF2N3O2S/c1-22(7-10-4-14(17)25-9-10)8-16(24)20-6-15(23)21-11-2-3-12(18)13(19)5-11/h2-5,9H,6-8H2,1H3,(H,20,24)(H,21,23). The lowest BCUT2D eigenvalue weighted by molar-refractivity contribution is -0.124. The zero-order chi connectivity index (χ0) is 18.4. The van der Waals surface area contributed by atoms with Crippen LogP contribution in [-0.4, -0.2) is 36.9 Å². The maximum atomic E-state index is 13.1. The molecule has 9 heteroatoms. The van der Waals surface area contributed by atoms with Crippen molar-refractivity contribution < 1.29 is 18.4 Å². The molecule has 0 aliphatic heterocycles. The number of nitrogens with one attached hydrogen (secondary N) is 2. The summed E-state index contributed by atoms with van der Waals surface area (Å²) in [5.74, 6) is -2.88. The second-order valence-corrected chi connectivity index (χ2v) is 7.68. The van der Waals surface area contributed by atoms with Gasteiger partial charge in [-0.25, -0.2) is 8.78 Å². The second-order valence-electron chi connectivity index (χ2n) is 5.39. The quantitative estimate of drug-likeness (QED) is 0.708. The highest BCUT2D eigenvalue weighted by Gasteiger charge is 2.11. The molecule has 0 aliphatic carbocycles. The highest BCUT2D eigenvalue weighted by Crippen LogP contribution is 2.21. The molecule has 0 atom stereocenters. The topological polar surface area (TPSA) is 61.4 Å². The van der Waals surface area contributed by atoms with E-state index in [2.05, 4.69) is 26.6 Å². The van der Waals surface area contributed by atoms with Crippen molar-refractivity contribution in [3.8, 4) is 0 Å². The van der Waals surface area contributed by atoms with E-state index in [0.717, 1.165) is 21.5 Å². The Kier molecular flexibility index (Phi) is 7.03. The van der Waals surface area contributed by atoms with Gasteiger partial charge >= 0.3 is 0 Å². The van der Waals surface area contributed by atoms with E-state index in [1.165, 1.54) is 6.07 Å². The van der Waals surface area contributed by atoms with Gasteiger partial charge < -0.3 is 10.6 Å². The van der Waals surface area contributed by atoms with E-state index in [1.54, 1.807) is 18.4 Å². The second kappa shape index (κ2) is 9.02. The summed E-state index contributed by atoms with van der Waals surface area (Å²) in [5.41, 5.74) is 1.21. The fourth-order valence-electron chi connectivity index (χ4n) is 2.06. The zero-order valence-corrected chi connectivity index (χ0v) is 15.7. The number of halogens is 3. The Labute approximate surface area is 156 Å². The molecule has 1 aromatic heterocycles. The largest absolute Gasteiger partial charge is 0.346 e. The molecule has 0 saturated carbocycles. The van der Waals surface area contributed by atoms with Gasteiger partial charge in [0.15, 0.2) is 11.6 Å². The minimum Gasteiger partial charge on any atom is -0.346 e. The van der Waals surface area contributed by atoms with Crippen molar-refractivity contribution in [1.82, 2.24) is 10.2 Å². The van der Waals surface area contributed by atoms with Gasteiger partial charge in [0.05, 0.1) is 16.9 Å². The number of hydrogen-bond donors (Lipinski definition) is 2. The van der Waals surface area contributed by atoms with Crippen LogP contribution in [0.5, 0.6) is 0 Å². The molecule has 25 heavy (non-hydrogen) atoms. The van der Waals surface area contributed by atoms with Crippen molar-refractivity contribution in [2.45, 2.75) is 6.54 Å². The van der Waals surface area contributed by atoms with E-state index < -0.39 is 17.5 Å². The number of hydrogen-bond acceptors (Lipinski definition) is 4. The van der Waals surface area contributed by atoms with Crippen molar-refractivity contribution in [2.75, 3.05) is 25.5 Å². The van der Waals surface area contributed by atoms with Gasteiger partial charge in [0.2, 0.25) is 11.8 Å². The van der Waals surface area contributed by atoms with Gasteiger partial charge in [-0.05, 0) is 52.1 Å². The van der Waals surface area contributed by atoms with Crippen LogP contribution in [0.3, 0.4) is 0 Å². The first-order chi connectivity index (χ1) is 11.8. The zero-order valence-electron chi connectivity index (χ0n) is 13.3. The van der Waals surface area contributed by atoms with Crippen molar-refractivity contribution in [1.29, 1.82) is 0 Å². The number of carbonyl (C=O) groups excluding carboxylic acids is 2. The molecule has 0 aliphatic rings. The molecule has 1 aromatic carbocycles. The van der Waals surface area contributed by atoms with Crippen molar-refractivity contribution >= 4 is 44.8 Å². The molecule has 2 N–H and O–H groups in total. The summed E-state index contributed by atoms with van der Waals surface area (Å²) >= 11 is 4.95. The van der Waals surface area contributed by atoms with E-state index in [1.807, 2.05) is 16.3 Å². The third kappa shape index (κ3) is 6.52. The third-order valence-corrected chi connectivity index (χ3v) is 4.69. The first-order valence-electron chi connectivity index (χ1n) is 7.26. The number of carbonyl (C=O) groups is 2. The van der Waals surface area contributed by atoms with E-state index in [9.17, 15) is 18.4 Å². The van der Waals surface area contributed by atoms with Crippen LogP contribution in [0.25, 0.3) is 0 Å². The molecule has 0 saturated heterocycles. The number of nitrogens with zero attached hydrogens (tertiary/aromatic N) is 1. The first kappa shape index (κ1) is 19.5. The summed E-state index contributed by atoms with van der Waals surface area (Å²) in [5, 5.41) is 6.86. The molecule has 2 rings (SSSR count). The Balaban J connectivity index is 1.73. The Morgan fingerprint density at radius 2 is 1.96 bits per heavy atom. The van der Waals surface area contributed by atoms with Crippen molar-refractivity contribution in [2.24, 2.45) is 0 Å². The minimum absolute atomic E-state index is 0.123. The fraction of sp³-hybridized carbons (Fsp3) is 0.250. The van der Waals surface area contributed by atoms with Gasteiger partial charge in [-0.3, -0.25) is 14.5 Å². The molecule has 2 aromatic rings. The van der Waals surface area contributed by atoms with E-state index in [-0.39, 0.29) is 24.7 Å². The number of rotatable bonds is 7. The number of thiophene rings is 1. The summed E-state index contributed by atoms with van der Waals surface area (Å²) in [6.07, 6.45) is 0. The smallest absolute Gasteiger partial charge is 0.243 e. The van der Waals surface area contributed by atoms with Gasteiger partial charge in [0.25, 0.3) is 0 Å². The lowest BCUT2D eigenvalue weighted by Gasteiger charge is -2.15. The Morgan fingerprint density at radius 1 is 1.20 bits per heavy atom. The van der Waals surface area contributed by atoms with Crippen LogP contribution in [0.15, 0.2) is 33.4 Å².